The van der Waals surface area contributed by atoms with Gasteiger partial charge in [0.2, 0.25) is 5.91 Å². The normalized spacial score (nSPS) is 9.65. The highest BCUT2D eigenvalue weighted by molar-refractivity contribution is 6.01. The van der Waals surface area contributed by atoms with Gasteiger partial charge in [0.1, 0.15) is 5.75 Å². The first-order valence-corrected chi connectivity index (χ1v) is 6.06. The molecule has 0 fully saturated rings. The van der Waals surface area contributed by atoms with Gasteiger partial charge in [-0.3, -0.25) is 14.9 Å². The lowest BCUT2D eigenvalue weighted by molar-refractivity contribution is -0.138. The van der Waals surface area contributed by atoms with Crippen molar-refractivity contribution in [2.75, 3.05) is 11.9 Å². The van der Waals surface area contributed by atoms with Gasteiger partial charge in [-0.2, -0.15) is 0 Å². The van der Waals surface area contributed by atoms with Crippen molar-refractivity contribution in [1.29, 1.82) is 0 Å². The Bertz CT molecular complexity index is 484. The molecule has 0 bridgehead atoms. The third-order valence-electron chi connectivity index (χ3n) is 2.24. The van der Waals surface area contributed by atoms with E-state index in [2.05, 4.69) is 5.32 Å². The van der Waals surface area contributed by atoms with E-state index in [4.69, 9.17) is 9.84 Å². The third-order valence-corrected chi connectivity index (χ3v) is 2.24. The van der Waals surface area contributed by atoms with E-state index in [1.807, 2.05) is 12.2 Å². The SMILES string of the molecule is CCOc1ccc(NC(=O)NC(=O)CCC(=O)O)cc1. The fraction of sp³-hybridized carbons (Fsp3) is 0.308. The van der Waals surface area contributed by atoms with Crippen LogP contribution in [0.2, 0.25) is 0 Å². The molecular weight excluding hydrogens is 264 g/mol. The van der Waals surface area contributed by atoms with Crippen molar-refractivity contribution >= 4 is 23.6 Å². The molecule has 0 heterocycles. The average molecular weight is 280 g/mol. The van der Waals surface area contributed by atoms with E-state index in [1.165, 1.54) is 0 Å². The Kier molecular flexibility index (Phi) is 6.02. The van der Waals surface area contributed by atoms with Gasteiger partial charge in [0.25, 0.3) is 0 Å². The maximum Gasteiger partial charge on any atom is 0.325 e. The van der Waals surface area contributed by atoms with Crippen LogP contribution >= 0.6 is 0 Å². The minimum atomic E-state index is -1.09. The van der Waals surface area contributed by atoms with Gasteiger partial charge in [-0.1, -0.05) is 0 Å². The van der Waals surface area contributed by atoms with Gasteiger partial charge in [-0.15, -0.1) is 0 Å². The molecule has 3 amide bonds. The smallest absolute Gasteiger partial charge is 0.325 e. The van der Waals surface area contributed by atoms with Gasteiger partial charge in [0.15, 0.2) is 0 Å². The monoisotopic (exact) mass is 280 g/mol. The summed E-state index contributed by atoms with van der Waals surface area (Å²) in [5, 5.41) is 12.9. The van der Waals surface area contributed by atoms with Crippen LogP contribution in [-0.4, -0.2) is 29.6 Å². The minimum absolute atomic E-state index is 0.244. The number of ether oxygens (including phenoxy) is 1. The quantitative estimate of drug-likeness (QED) is 0.734. The molecule has 0 aliphatic carbocycles. The Hall–Kier alpha value is -2.57. The highest BCUT2D eigenvalue weighted by Crippen LogP contribution is 2.15. The number of hydrogen-bond acceptors (Lipinski definition) is 4. The van der Waals surface area contributed by atoms with Crippen LogP contribution in [0.25, 0.3) is 0 Å². The molecule has 0 aliphatic heterocycles. The fourth-order valence-corrected chi connectivity index (χ4v) is 1.37. The Balaban J connectivity index is 2.41. The zero-order chi connectivity index (χ0) is 15.0. The number of anilines is 1. The number of carbonyl (C=O) groups excluding carboxylic acids is 2. The molecule has 0 saturated carbocycles. The number of urea groups is 1. The number of hydrogen-bond donors (Lipinski definition) is 3. The second-order valence-electron chi connectivity index (χ2n) is 3.85. The molecule has 0 aliphatic rings. The van der Waals surface area contributed by atoms with Crippen LogP contribution in [-0.2, 0) is 9.59 Å². The summed E-state index contributed by atoms with van der Waals surface area (Å²) in [5.41, 5.74) is 0.497. The minimum Gasteiger partial charge on any atom is -0.494 e. The van der Waals surface area contributed by atoms with Gasteiger partial charge in [0, 0.05) is 12.1 Å². The van der Waals surface area contributed by atoms with Gasteiger partial charge >= 0.3 is 12.0 Å². The van der Waals surface area contributed by atoms with Crippen LogP contribution in [0.3, 0.4) is 0 Å². The average Bonchev–Trinajstić information content (AvgIpc) is 2.39. The lowest BCUT2D eigenvalue weighted by atomic mass is 10.3. The maximum absolute atomic E-state index is 11.5. The fourth-order valence-electron chi connectivity index (χ4n) is 1.37. The predicted octanol–water partition coefficient (Wildman–Crippen LogP) is 1.60. The van der Waals surface area contributed by atoms with E-state index in [9.17, 15) is 14.4 Å². The zero-order valence-corrected chi connectivity index (χ0v) is 11.0. The Morgan fingerprint density at radius 3 is 2.35 bits per heavy atom. The van der Waals surface area contributed by atoms with E-state index in [1.54, 1.807) is 24.3 Å². The summed E-state index contributed by atoms with van der Waals surface area (Å²) in [6.07, 6.45) is -0.561. The lowest BCUT2D eigenvalue weighted by Crippen LogP contribution is -2.34. The molecule has 7 heteroatoms. The van der Waals surface area contributed by atoms with Gasteiger partial charge in [-0.05, 0) is 31.2 Å². The molecule has 0 unspecified atom stereocenters. The Morgan fingerprint density at radius 2 is 1.80 bits per heavy atom. The molecule has 0 atom stereocenters. The Labute approximate surface area is 115 Å². The number of aliphatic carboxylic acids is 1. The number of carboxylic acid groups (broad SMARTS) is 1. The molecule has 0 aromatic heterocycles. The molecule has 108 valence electrons. The first-order chi connectivity index (χ1) is 9.51. The van der Waals surface area contributed by atoms with Crippen LogP contribution in [0.15, 0.2) is 24.3 Å². The molecule has 1 aromatic rings. The number of nitrogens with one attached hydrogen (secondary N) is 2. The van der Waals surface area contributed by atoms with Gasteiger partial charge in [-0.25, -0.2) is 4.79 Å². The zero-order valence-electron chi connectivity index (χ0n) is 11.0. The first-order valence-electron chi connectivity index (χ1n) is 6.06. The topological polar surface area (TPSA) is 105 Å². The molecular formula is C13H16N2O5. The van der Waals surface area contributed by atoms with Crippen molar-refractivity contribution in [3.8, 4) is 5.75 Å². The highest BCUT2D eigenvalue weighted by Gasteiger charge is 2.09. The van der Waals surface area contributed by atoms with Crippen molar-refractivity contribution in [3.63, 3.8) is 0 Å². The number of benzene rings is 1. The molecule has 3 N–H and O–H groups in total. The molecule has 0 spiro atoms. The standard InChI is InChI=1S/C13H16N2O5/c1-2-20-10-5-3-9(4-6-10)14-13(19)15-11(16)7-8-12(17)18/h3-6H,2,7-8H2,1H3,(H,17,18)(H2,14,15,16,19). The van der Waals surface area contributed by atoms with Crippen molar-refractivity contribution in [3.05, 3.63) is 24.3 Å². The van der Waals surface area contributed by atoms with Crippen molar-refractivity contribution in [2.24, 2.45) is 0 Å². The number of imide groups is 1. The molecule has 1 aromatic carbocycles. The summed E-state index contributed by atoms with van der Waals surface area (Å²) in [6.45, 7) is 2.41. The Morgan fingerprint density at radius 1 is 1.15 bits per heavy atom. The summed E-state index contributed by atoms with van der Waals surface area (Å²) in [4.78, 5) is 33.0. The highest BCUT2D eigenvalue weighted by atomic mass is 16.5. The summed E-state index contributed by atoms with van der Waals surface area (Å²) in [6, 6.07) is 5.93. The van der Waals surface area contributed by atoms with Crippen LogP contribution < -0.4 is 15.4 Å². The summed E-state index contributed by atoms with van der Waals surface area (Å²) in [5.74, 6) is -1.06. The molecule has 1 rings (SSSR count). The summed E-state index contributed by atoms with van der Waals surface area (Å²) < 4.78 is 5.25. The van der Waals surface area contributed by atoms with E-state index in [0.717, 1.165) is 0 Å². The van der Waals surface area contributed by atoms with E-state index < -0.39 is 17.9 Å². The maximum atomic E-state index is 11.5. The van der Waals surface area contributed by atoms with Crippen LogP contribution in [0.4, 0.5) is 10.5 Å². The van der Waals surface area contributed by atoms with E-state index in [0.29, 0.717) is 18.0 Å². The second kappa shape index (κ2) is 7.78. The molecule has 20 heavy (non-hydrogen) atoms. The summed E-state index contributed by atoms with van der Waals surface area (Å²) in [7, 11) is 0. The van der Waals surface area contributed by atoms with Crippen LogP contribution in [0.5, 0.6) is 5.75 Å². The first kappa shape index (κ1) is 15.5. The number of rotatable bonds is 6. The van der Waals surface area contributed by atoms with E-state index in [-0.39, 0.29) is 12.8 Å². The number of carbonyl (C=O) groups is 3. The molecule has 0 radical (unpaired) electrons. The van der Waals surface area contributed by atoms with Crippen LogP contribution in [0.1, 0.15) is 19.8 Å². The second-order valence-corrected chi connectivity index (χ2v) is 3.85. The summed E-state index contributed by atoms with van der Waals surface area (Å²) >= 11 is 0. The van der Waals surface area contributed by atoms with Crippen LogP contribution in [0, 0.1) is 0 Å². The largest absolute Gasteiger partial charge is 0.494 e. The number of amides is 3. The van der Waals surface area contributed by atoms with Crippen molar-refractivity contribution in [1.82, 2.24) is 5.32 Å². The molecule has 7 nitrogen and oxygen atoms in total. The van der Waals surface area contributed by atoms with Crippen molar-refractivity contribution in [2.45, 2.75) is 19.8 Å². The molecule has 0 saturated heterocycles. The van der Waals surface area contributed by atoms with Gasteiger partial charge < -0.3 is 15.2 Å². The third kappa shape index (κ3) is 5.85. The predicted molar refractivity (Wildman–Crippen MR) is 71.6 cm³/mol. The van der Waals surface area contributed by atoms with E-state index >= 15 is 0 Å². The lowest BCUT2D eigenvalue weighted by Gasteiger charge is -2.07. The number of carboxylic acids is 1. The van der Waals surface area contributed by atoms with Crippen molar-refractivity contribution < 1.29 is 24.2 Å². The van der Waals surface area contributed by atoms with Gasteiger partial charge in [0.05, 0.1) is 13.0 Å².